The van der Waals surface area contributed by atoms with Gasteiger partial charge in [-0.05, 0) is 6.42 Å². The molecule has 3 aliphatic heterocycles. The number of nitrogens with one attached hydrogen (secondary N) is 1. The molecule has 0 saturated carbocycles. The number of hydrogen-bond donors (Lipinski definition) is 10. The Morgan fingerprint density at radius 1 is 0.692 bits per heavy atom. The van der Waals surface area contributed by atoms with Crippen LogP contribution >= 0.6 is 0 Å². The highest BCUT2D eigenvalue weighted by Crippen LogP contribution is 2.27. The second kappa shape index (κ2) is 9.17. The molecule has 3 saturated heterocycles. The van der Waals surface area contributed by atoms with Gasteiger partial charge in [-0.2, -0.15) is 0 Å². The second-order valence-corrected chi connectivity index (χ2v) is 7.11. The second-order valence-electron chi connectivity index (χ2n) is 7.11. The predicted octanol–water partition coefficient (Wildman–Crippen LogP) is -6.09. The number of aliphatic hydroxyl groups is 9. The van der Waals surface area contributed by atoms with Crippen molar-refractivity contribution in [3.05, 3.63) is 0 Å². The molecule has 154 valence electrons. The Hall–Kier alpha value is -0.440. The monoisotopic (exact) mass is 382 g/mol. The molecule has 26 heavy (non-hydrogen) atoms. The van der Waals surface area contributed by atoms with E-state index in [0.717, 1.165) is 0 Å². The Balaban J connectivity index is 0.000000187. The van der Waals surface area contributed by atoms with Gasteiger partial charge in [-0.1, -0.05) is 0 Å². The van der Waals surface area contributed by atoms with E-state index in [9.17, 15) is 35.7 Å². The summed E-state index contributed by atoms with van der Waals surface area (Å²) in [5, 5.41) is 85.9. The minimum atomic E-state index is -1.34. The zero-order valence-electron chi connectivity index (χ0n) is 14.3. The molecule has 0 aromatic heterocycles. The first-order valence-electron chi connectivity index (χ1n) is 8.71. The van der Waals surface area contributed by atoms with Crippen LogP contribution in [0.2, 0.25) is 0 Å². The highest BCUT2D eigenvalue weighted by Gasteiger charge is 2.47. The molecule has 3 fully saturated rings. The maximum absolute atomic E-state index is 9.58. The number of piperidine rings is 2. The summed E-state index contributed by atoms with van der Waals surface area (Å²) in [5.41, 5.74) is 0. The summed E-state index contributed by atoms with van der Waals surface area (Å²) < 4.78 is 0. The summed E-state index contributed by atoms with van der Waals surface area (Å²) in [5.74, 6) is 0. The van der Waals surface area contributed by atoms with Gasteiger partial charge in [0, 0.05) is 13.1 Å². The van der Waals surface area contributed by atoms with Gasteiger partial charge in [0.15, 0.2) is 0 Å². The van der Waals surface area contributed by atoms with Gasteiger partial charge < -0.3 is 51.3 Å². The molecule has 1 unspecified atom stereocenters. The van der Waals surface area contributed by atoms with Crippen LogP contribution in [0.15, 0.2) is 0 Å². The van der Waals surface area contributed by atoms with Crippen LogP contribution in [-0.4, -0.2) is 138 Å². The highest BCUT2D eigenvalue weighted by atomic mass is 16.4. The smallest absolute Gasteiger partial charge is 0.109 e. The number of hydrogen-bond acceptors (Lipinski definition) is 11. The van der Waals surface area contributed by atoms with E-state index in [-0.39, 0.29) is 13.2 Å². The van der Waals surface area contributed by atoms with Crippen molar-refractivity contribution >= 4 is 0 Å². The zero-order valence-corrected chi connectivity index (χ0v) is 14.3. The molecule has 3 aliphatic rings. The van der Waals surface area contributed by atoms with Crippen molar-refractivity contribution in [3.8, 4) is 0 Å². The SMILES string of the molecule is OC[C@H]1N[C@H](CO)[C@@H](O)C(O)[C@H]1O.O[C@H]1[C@H](O)[C@@H](O)CN2CC[C@H](O)[C@H]12. The lowest BCUT2D eigenvalue weighted by atomic mass is 9.91. The van der Waals surface area contributed by atoms with E-state index in [1.54, 1.807) is 0 Å². The van der Waals surface area contributed by atoms with Gasteiger partial charge in [0.25, 0.3) is 0 Å². The van der Waals surface area contributed by atoms with Crippen LogP contribution in [0.4, 0.5) is 0 Å². The molecule has 11 heteroatoms. The van der Waals surface area contributed by atoms with Gasteiger partial charge in [0.05, 0.1) is 55.8 Å². The summed E-state index contributed by atoms with van der Waals surface area (Å²) in [4.78, 5) is 1.83. The first-order valence-corrected chi connectivity index (χ1v) is 8.71. The lowest BCUT2D eigenvalue weighted by molar-refractivity contribution is -0.140. The molecule has 11 nitrogen and oxygen atoms in total. The minimum Gasteiger partial charge on any atom is -0.395 e. The molecule has 0 aromatic rings. The Labute approximate surface area is 150 Å². The molecule has 3 heterocycles. The summed E-state index contributed by atoms with van der Waals surface area (Å²) in [7, 11) is 0. The highest BCUT2D eigenvalue weighted by molar-refractivity contribution is 5.01. The minimum absolute atomic E-state index is 0.333. The maximum Gasteiger partial charge on any atom is 0.109 e. The van der Waals surface area contributed by atoms with E-state index < -0.39 is 60.9 Å². The van der Waals surface area contributed by atoms with Crippen LogP contribution in [-0.2, 0) is 0 Å². The van der Waals surface area contributed by atoms with Crippen molar-refractivity contribution in [1.82, 2.24) is 10.2 Å². The summed E-state index contributed by atoms with van der Waals surface area (Å²) in [6.45, 7) is 0.287. The van der Waals surface area contributed by atoms with Gasteiger partial charge in [-0.15, -0.1) is 0 Å². The Kier molecular flexibility index (Phi) is 7.71. The van der Waals surface area contributed by atoms with Gasteiger partial charge in [-0.3, -0.25) is 4.90 Å². The van der Waals surface area contributed by atoms with E-state index in [1.807, 2.05) is 4.90 Å². The van der Waals surface area contributed by atoms with Crippen LogP contribution in [0.25, 0.3) is 0 Å². The van der Waals surface area contributed by atoms with Crippen molar-refractivity contribution < 1.29 is 46.0 Å². The van der Waals surface area contributed by atoms with Crippen LogP contribution in [0.3, 0.4) is 0 Å². The van der Waals surface area contributed by atoms with Crippen molar-refractivity contribution in [2.75, 3.05) is 26.3 Å². The van der Waals surface area contributed by atoms with Gasteiger partial charge in [0.2, 0.25) is 0 Å². The van der Waals surface area contributed by atoms with Crippen molar-refractivity contribution in [2.45, 2.75) is 67.3 Å². The summed E-state index contributed by atoms with van der Waals surface area (Å²) >= 11 is 0. The third kappa shape index (κ3) is 4.34. The molecule has 0 aromatic carbocycles. The van der Waals surface area contributed by atoms with E-state index >= 15 is 0 Å². The largest absolute Gasteiger partial charge is 0.395 e. The van der Waals surface area contributed by atoms with E-state index in [0.29, 0.717) is 19.5 Å². The third-order valence-electron chi connectivity index (χ3n) is 5.39. The number of fused-ring (bicyclic) bond motifs is 1. The van der Waals surface area contributed by atoms with Crippen LogP contribution in [0.1, 0.15) is 6.42 Å². The third-order valence-corrected chi connectivity index (χ3v) is 5.39. The molecule has 10 atom stereocenters. The topological polar surface area (TPSA) is 197 Å². The predicted molar refractivity (Wildman–Crippen MR) is 86.9 cm³/mol. The molecule has 0 bridgehead atoms. The first kappa shape index (κ1) is 21.9. The Morgan fingerprint density at radius 2 is 1.23 bits per heavy atom. The molecular weight excluding hydrogens is 352 g/mol. The van der Waals surface area contributed by atoms with Crippen molar-refractivity contribution in [2.24, 2.45) is 0 Å². The lowest BCUT2D eigenvalue weighted by Gasteiger charge is -2.40. The first-order chi connectivity index (χ1) is 12.2. The molecule has 0 aliphatic carbocycles. The lowest BCUT2D eigenvalue weighted by Crippen LogP contribution is -2.66. The summed E-state index contributed by atoms with van der Waals surface area (Å²) in [6, 6.07) is -1.83. The van der Waals surface area contributed by atoms with Crippen molar-refractivity contribution in [1.29, 1.82) is 0 Å². The van der Waals surface area contributed by atoms with Crippen molar-refractivity contribution in [3.63, 3.8) is 0 Å². The number of nitrogens with zero attached hydrogens (tertiary/aromatic N) is 1. The van der Waals surface area contributed by atoms with Gasteiger partial charge in [0.1, 0.15) is 18.3 Å². The van der Waals surface area contributed by atoms with E-state index in [1.165, 1.54) is 0 Å². The number of rotatable bonds is 2. The fraction of sp³-hybridized carbons (Fsp3) is 1.00. The molecule has 0 radical (unpaired) electrons. The van der Waals surface area contributed by atoms with Gasteiger partial charge in [-0.25, -0.2) is 0 Å². The fourth-order valence-electron chi connectivity index (χ4n) is 3.77. The van der Waals surface area contributed by atoms with Crippen LogP contribution in [0.5, 0.6) is 0 Å². The maximum atomic E-state index is 9.58. The standard InChI is InChI=1S/C8H15NO4.C7H15NO5/c10-4-1-2-9-3-5(11)7(12)8(13)6(4)9;9-1-3-5(11)7(13)6(12)4(2-10)8-3/h4-8,10-13H,1-3H2;3-13H,1-2H2/t4-,5-,6+,7+,8+;3-,4-,5-,6+,7?/m01/s1. The molecule has 10 N–H and O–H groups in total. The molecule has 3 rings (SSSR count). The average Bonchev–Trinajstić information content (AvgIpc) is 2.99. The van der Waals surface area contributed by atoms with Gasteiger partial charge >= 0.3 is 0 Å². The molecule has 0 amide bonds. The Bertz CT molecular complexity index is 425. The van der Waals surface area contributed by atoms with Crippen LogP contribution < -0.4 is 5.32 Å². The average molecular weight is 382 g/mol. The fourth-order valence-corrected chi connectivity index (χ4v) is 3.77. The molecular formula is C15H30N2O9. The van der Waals surface area contributed by atoms with E-state index in [4.69, 9.17) is 10.2 Å². The van der Waals surface area contributed by atoms with Crippen LogP contribution in [0, 0.1) is 0 Å². The summed E-state index contributed by atoms with van der Waals surface area (Å²) in [6.07, 6.45) is -6.84. The number of aliphatic hydroxyl groups excluding tert-OH is 9. The zero-order chi connectivity index (χ0) is 19.6. The molecule has 0 spiro atoms. The quantitative estimate of drug-likeness (QED) is 0.218. The Morgan fingerprint density at radius 3 is 1.73 bits per heavy atom. The van der Waals surface area contributed by atoms with E-state index in [2.05, 4.69) is 5.32 Å². The normalized spacial score (nSPS) is 49.3.